The van der Waals surface area contributed by atoms with Gasteiger partial charge in [-0.05, 0) is 31.9 Å². The van der Waals surface area contributed by atoms with Gasteiger partial charge in [0.15, 0.2) is 0 Å². The van der Waals surface area contributed by atoms with Crippen LogP contribution in [-0.2, 0) is 9.53 Å². The first-order valence-electron chi connectivity index (χ1n) is 6.76. The Labute approximate surface area is 114 Å². The topological polar surface area (TPSA) is 64.3 Å². The number of ether oxygens (including phenoxy) is 1. The lowest BCUT2D eigenvalue weighted by molar-refractivity contribution is -0.129. The van der Waals surface area contributed by atoms with Crippen molar-refractivity contribution in [3.05, 3.63) is 29.8 Å². The van der Waals surface area contributed by atoms with E-state index < -0.39 is 5.54 Å². The van der Waals surface area contributed by atoms with Crippen molar-refractivity contribution in [3.63, 3.8) is 0 Å². The number of carbonyl (C=O) groups excluding carboxylic acids is 1. The maximum atomic E-state index is 12.0. The molecule has 2 atom stereocenters. The lowest BCUT2D eigenvalue weighted by Gasteiger charge is -2.42. The molecule has 2 rings (SSSR count). The van der Waals surface area contributed by atoms with Crippen LogP contribution in [0, 0.1) is 6.92 Å². The molecule has 4 nitrogen and oxygen atoms in total. The summed E-state index contributed by atoms with van der Waals surface area (Å²) < 4.78 is 5.50. The van der Waals surface area contributed by atoms with Gasteiger partial charge in [-0.15, -0.1) is 0 Å². The van der Waals surface area contributed by atoms with E-state index in [-0.39, 0.29) is 12.0 Å². The number of amides is 1. The van der Waals surface area contributed by atoms with Crippen molar-refractivity contribution in [2.45, 2.75) is 44.2 Å². The normalized spacial score (nSPS) is 26.9. The predicted octanol–water partition coefficient (Wildman–Crippen LogP) is 2.22. The first-order valence-corrected chi connectivity index (χ1v) is 6.76. The standard InChI is InChI=1S/C15H22N2O2/c1-11-6-8-12(9-7-11)17-15(14(16)18)10-4-3-5-13(15)19-2/h6-9,13,17H,3-5,10H2,1-2H3,(H2,16,18). The average Bonchev–Trinajstić information content (AvgIpc) is 2.41. The zero-order valence-electron chi connectivity index (χ0n) is 11.6. The van der Waals surface area contributed by atoms with E-state index in [0.717, 1.165) is 24.9 Å². The Hall–Kier alpha value is -1.55. The lowest BCUT2D eigenvalue weighted by atomic mass is 9.78. The van der Waals surface area contributed by atoms with Gasteiger partial charge in [0.25, 0.3) is 0 Å². The molecule has 0 bridgehead atoms. The summed E-state index contributed by atoms with van der Waals surface area (Å²) in [7, 11) is 1.64. The molecule has 4 heteroatoms. The number of rotatable bonds is 4. The summed E-state index contributed by atoms with van der Waals surface area (Å²) in [6.07, 6.45) is 3.47. The quantitative estimate of drug-likeness (QED) is 0.874. The fourth-order valence-electron chi connectivity index (χ4n) is 2.84. The summed E-state index contributed by atoms with van der Waals surface area (Å²) in [6.45, 7) is 2.03. The summed E-state index contributed by atoms with van der Waals surface area (Å²) in [4.78, 5) is 12.0. The second-order valence-corrected chi connectivity index (χ2v) is 5.30. The second-order valence-electron chi connectivity index (χ2n) is 5.30. The highest BCUT2D eigenvalue weighted by atomic mass is 16.5. The van der Waals surface area contributed by atoms with Crippen LogP contribution in [0.1, 0.15) is 31.2 Å². The summed E-state index contributed by atoms with van der Waals surface area (Å²) in [5.41, 5.74) is 6.97. The van der Waals surface area contributed by atoms with Gasteiger partial charge >= 0.3 is 0 Å². The van der Waals surface area contributed by atoms with E-state index in [1.807, 2.05) is 31.2 Å². The zero-order chi connectivity index (χ0) is 13.9. The van der Waals surface area contributed by atoms with E-state index in [1.165, 1.54) is 5.56 Å². The maximum Gasteiger partial charge on any atom is 0.245 e. The molecule has 2 unspecified atom stereocenters. The smallest absolute Gasteiger partial charge is 0.245 e. The molecule has 1 aromatic carbocycles. The highest BCUT2D eigenvalue weighted by molar-refractivity contribution is 5.89. The van der Waals surface area contributed by atoms with E-state index in [9.17, 15) is 4.79 Å². The number of primary amides is 1. The fourth-order valence-corrected chi connectivity index (χ4v) is 2.84. The summed E-state index contributed by atoms with van der Waals surface area (Å²) in [5.74, 6) is -0.334. The van der Waals surface area contributed by atoms with Crippen LogP contribution < -0.4 is 11.1 Å². The van der Waals surface area contributed by atoms with Crippen LogP contribution in [0.4, 0.5) is 5.69 Å². The third-order valence-electron chi connectivity index (χ3n) is 3.98. The van der Waals surface area contributed by atoms with E-state index >= 15 is 0 Å². The molecule has 3 N–H and O–H groups in total. The molecule has 0 radical (unpaired) electrons. The van der Waals surface area contributed by atoms with Gasteiger partial charge in [0.1, 0.15) is 5.54 Å². The number of hydrogen-bond donors (Lipinski definition) is 2. The van der Waals surface area contributed by atoms with Gasteiger partial charge in [0.05, 0.1) is 6.10 Å². The van der Waals surface area contributed by atoms with Gasteiger partial charge in [-0.3, -0.25) is 4.79 Å². The number of nitrogens with two attached hydrogens (primary N) is 1. The molecule has 1 aliphatic carbocycles. The van der Waals surface area contributed by atoms with Gasteiger partial charge in [-0.1, -0.05) is 30.5 Å². The Morgan fingerprint density at radius 2 is 2.05 bits per heavy atom. The van der Waals surface area contributed by atoms with Crippen molar-refractivity contribution in [2.24, 2.45) is 5.73 Å². The van der Waals surface area contributed by atoms with Crippen LogP contribution in [-0.4, -0.2) is 24.7 Å². The monoisotopic (exact) mass is 262 g/mol. The highest BCUT2D eigenvalue weighted by Crippen LogP contribution is 2.33. The Morgan fingerprint density at radius 3 is 2.63 bits per heavy atom. The molecule has 0 heterocycles. The van der Waals surface area contributed by atoms with E-state index in [1.54, 1.807) is 7.11 Å². The van der Waals surface area contributed by atoms with E-state index in [0.29, 0.717) is 6.42 Å². The molecule has 0 saturated heterocycles. The molecule has 0 aliphatic heterocycles. The van der Waals surface area contributed by atoms with Crippen LogP contribution in [0.25, 0.3) is 0 Å². The van der Waals surface area contributed by atoms with Crippen molar-refractivity contribution < 1.29 is 9.53 Å². The number of nitrogens with one attached hydrogen (secondary N) is 1. The van der Waals surface area contributed by atoms with Crippen LogP contribution in [0.2, 0.25) is 0 Å². The van der Waals surface area contributed by atoms with Crippen molar-refractivity contribution in [3.8, 4) is 0 Å². The molecule has 19 heavy (non-hydrogen) atoms. The van der Waals surface area contributed by atoms with Gasteiger partial charge in [0.2, 0.25) is 5.91 Å². The minimum Gasteiger partial charge on any atom is -0.378 e. The molecule has 1 fully saturated rings. The summed E-state index contributed by atoms with van der Waals surface area (Å²) in [6, 6.07) is 7.98. The molecule has 1 aliphatic rings. The molecule has 1 saturated carbocycles. The molecule has 0 aromatic heterocycles. The van der Waals surface area contributed by atoms with Gasteiger partial charge < -0.3 is 15.8 Å². The van der Waals surface area contributed by atoms with Crippen molar-refractivity contribution >= 4 is 11.6 Å². The Balaban J connectivity index is 2.28. The van der Waals surface area contributed by atoms with Gasteiger partial charge in [-0.2, -0.15) is 0 Å². The molecule has 1 amide bonds. The lowest BCUT2D eigenvalue weighted by Crippen LogP contribution is -2.60. The minimum atomic E-state index is -0.789. The van der Waals surface area contributed by atoms with Crippen molar-refractivity contribution in [1.82, 2.24) is 0 Å². The Morgan fingerprint density at radius 1 is 1.37 bits per heavy atom. The molecule has 0 spiro atoms. The number of methoxy groups -OCH3 is 1. The third kappa shape index (κ3) is 2.73. The van der Waals surface area contributed by atoms with Crippen LogP contribution in [0.5, 0.6) is 0 Å². The van der Waals surface area contributed by atoms with Crippen LogP contribution in [0.15, 0.2) is 24.3 Å². The zero-order valence-corrected chi connectivity index (χ0v) is 11.6. The Kier molecular flexibility index (Phi) is 4.10. The minimum absolute atomic E-state index is 0.167. The van der Waals surface area contributed by atoms with Crippen LogP contribution >= 0.6 is 0 Å². The van der Waals surface area contributed by atoms with E-state index in [2.05, 4.69) is 5.32 Å². The van der Waals surface area contributed by atoms with Crippen LogP contribution in [0.3, 0.4) is 0 Å². The SMILES string of the molecule is COC1CCCCC1(Nc1ccc(C)cc1)C(N)=O. The number of anilines is 1. The highest BCUT2D eigenvalue weighted by Gasteiger charge is 2.46. The number of carbonyl (C=O) groups is 1. The third-order valence-corrected chi connectivity index (χ3v) is 3.98. The molecular formula is C15H22N2O2. The van der Waals surface area contributed by atoms with E-state index in [4.69, 9.17) is 10.5 Å². The average molecular weight is 262 g/mol. The molecule has 104 valence electrons. The summed E-state index contributed by atoms with van der Waals surface area (Å²) in [5, 5.41) is 3.32. The maximum absolute atomic E-state index is 12.0. The van der Waals surface area contributed by atoms with Crippen molar-refractivity contribution in [1.29, 1.82) is 0 Å². The first-order chi connectivity index (χ1) is 9.08. The predicted molar refractivity (Wildman–Crippen MR) is 76.0 cm³/mol. The number of benzene rings is 1. The molecule has 1 aromatic rings. The summed E-state index contributed by atoms with van der Waals surface area (Å²) >= 11 is 0. The van der Waals surface area contributed by atoms with Crippen molar-refractivity contribution in [2.75, 3.05) is 12.4 Å². The fraction of sp³-hybridized carbons (Fsp3) is 0.533. The Bertz CT molecular complexity index is 444. The van der Waals surface area contributed by atoms with Gasteiger partial charge in [0, 0.05) is 12.8 Å². The molecular weight excluding hydrogens is 240 g/mol. The first kappa shape index (κ1) is 13.9. The number of hydrogen-bond acceptors (Lipinski definition) is 3. The largest absolute Gasteiger partial charge is 0.378 e. The van der Waals surface area contributed by atoms with Gasteiger partial charge in [-0.25, -0.2) is 0 Å². The number of aryl methyl sites for hydroxylation is 1. The second kappa shape index (κ2) is 5.61.